The zero-order valence-corrected chi connectivity index (χ0v) is 17.4. The van der Waals surface area contributed by atoms with Crippen LogP contribution in [0.3, 0.4) is 0 Å². The van der Waals surface area contributed by atoms with Gasteiger partial charge in [0.25, 0.3) is 5.91 Å². The van der Waals surface area contributed by atoms with Gasteiger partial charge in [-0.2, -0.15) is 0 Å². The highest BCUT2D eigenvalue weighted by atomic mass is 16.1. The van der Waals surface area contributed by atoms with Crippen molar-refractivity contribution in [3.63, 3.8) is 0 Å². The van der Waals surface area contributed by atoms with Crippen LogP contribution in [0.25, 0.3) is 0 Å². The van der Waals surface area contributed by atoms with Crippen LogP contribution in [-0.4, -0.2) is 29.0 Å². The summed E-state index contributed by atoms with van der Waals surface area (Å²) in [5, 5.41) is 2.98. The Balaban J connectivity index is 1.68. The van der Waals surface area contributed by atoms with Crippen molar-refractivity contribution in [2.45, 2.75) is 33.6 Å². The fraction of sp³-hybridized carbons (Fsp3) is 0.292. The number of aryl methyl sites for hydroxylation is 3. The summed E-state index contributed by atoms with van der Waals surface area (Å²) < 4.78 is 0. The maximum atomic E-state index is 12.6. The number of anilines is 2. The Morgan fingerprint density at radius 1 is 1.00 bits per heavy atom. The van der Waals surface area contributed by atoms with Crippen molar-refractivity contribution in [3.05, 3.63) is 83.2 Å². The quantitative estimate of drug-likeness (QED) is 0.572. The number of carbonyl (C=O) groups excluding carboxylic acids is 1. The lowest BCUT2D eigenvalue weighted by atomic mass is 10.1. The lowest BCUT2D eigenvalue weighted by Gasteiger charge is -2.22. The van der Waals surface area contributed by atoms with Crippen LogP contribution >= 0.6 is 0 Å². The molecule has 0 spiro atoms. The normalized spacial score (nSPS) is 10.6. The molecule has 0 unspecified atom stereocenters. The Bertz CT molecular complexity index is 956. The van der Waals surface area contributed by atoms with Gasteiger partial charge in [-0.25, -0.2) is 9.97 Å². The molecule has 0 saturated carbocycles. The molecule has 29 heavy (non-hydrogen) atoms. The number of nitrogens with one attached hydrogen (secondary N) is 1. The van der Waals surface area contributed by atoms with Crippen LogP contribution in [-0.2, 0) is 6.42 Å². The third kappa shape index (κ3) is 5.64. The second kappa shape index (κ2) is 9.82. The molecule has 1 aromatic heterocycles. The molecule has 5 heteroatoms. The van der Waals surface area contributed by atoms with Crippen LogP contribution in [0.2, 0.25) is 0 Å². The maximum absolute atomic E-state index is 12.6. The van der Waals surface area contributed by atoms with Gasteiger partial charge in [-0.15, -0.1) is 0 Å². The molecule has 0 radical (unpaired) electrons. The summed E-state index contributed by atoms with van der Waals surface area (Å²) in [5.74, 6) is 0.387. The standard InChI is InChI=1S/C24H28N4O/c1-4-28(21-14-8-10-18(2)16-21)24-26-19(3)17-22(27-24)23(29)25-15-9-13-20-11-6-5-7-12-20/h5-8,10-12,14,16-17H,4,9,13,15H2,1-3H3,(H,25,29). The van der Waals surface area contributed by atoms with Crippen LogP contribution < -0.4 is 10.2 Å². The molecule has 0 bridgehead atoms. The summed E-state index contributed by atoms with van der Waals surface area (Å²) in [6, 6.07) is 20.2. The van der Waals surface area contributed by atoms with E-state index in [-0.39, 0.29) is 5.91 Å². The van der Waals surface area contributed by atoms with E-state index in [4.69, 9.17) is 0 Å². The molecule has 0 saturated heterocycles. The molecule has 2 aromatic carbocycles. The highest BCUT2D eigenvalue weighted by Crippen LogP contribution is 2.23. The number of benzene rings is 2. The number of hydrogen-bond acceptors (Lipinski definition) is 4. The Morgan fingerprint density at radius 3 is 2.52 bits per heavy atom. The first-order valence-corrected chi connectivity index (χ1v) is 10.1. The summed E-state index contributed by atoms with van der Waals surface area (Å²) in [6.07, 6.45) is 1.82. The van der Waals surface area contributed by atoms with Gasteiger partial charge in [0.05, 0.1) is 0 Å². The van der Waals surface area contributed by atoms with Crippen LogP contribution in [0.4, 0.5) is 11.6 Å². The Kier molecular flexibility index (Phi) is 6.95. The van der Waals surface area contributed by atoms with Crippen molar-refractivity contribution >= 4 is 17.5 Å². The van der Waals surface area contributed by atoms with Crippen LogP contribution in [0, 0.1) is 13.8 Å². The summed E-state index contributed by atoms with van der Waals surface area (Å²) in [7, 11) is 0. The minimum atomic E-state index is -0.162. The molecule has 3 rings (SSSR count). The van der Waals surface area contributed by atoms with Gasteiger partial charge < -0.3 is 10.2 Å². The van der Waals surface area contributed by atoms with Gasteiger partial charge in [0.15, 0.2) is 0 Å². The molecule has 1 amide bonds. The van der Waals surface area contributed by atoms with E-state index < -0.39 is 0 Å². The molecule has 1 heterocycles. The Labute approximate surface area is 172 Å². The Morgan fingerprint density at radius 2 is 1.79 bits per heavy atom. The van der Waals surface area contributed by atoms with Gasteiger partial charge in [-0.1, -0.05) is 42.5 Å². The monoisotopic (exact) mass is 388 g/mol. The minimum Gasteiger partial charge on any atom is -0.351 e. The predicted octanol–water partition coefficient (Wildman–Crippen LogP) is 4.61. The fourth-order valence-electron chi connectivity index (χ4n) is 3.25. The first-order chi connectivity index (χ1) is 14.1. The molecule has 1 N–H and O–H groups in total. The lowest BCUT2D eigenvalue weighted by Crippen LogP contribution is -2.27. The summed E-state index contributed by atoms with van der Waals surface area (Å²) in [5.41, 5.74) is 4.64. The Hall–Kier alpha value is -3.21. The first-order valence-electron chi connectivity index (χ1n) is 10.1. The molecule has 0 atom stereocenters. The van der Waals surface area contributed by atoms with Gasteiger partial charge >= 0.3 is 0 Å². The molecule has 0 fully saturated rings. The third-order valence-corrected chi connectivity index (χ3v) is 4.72. The van der Waals surface area contributed by atoms with Gasteiger partial charge in [-0.3, -0.25) is 4.79 Å². The van der Waals surface area contributed by atoms with Crippen LogP contribution in [0.15, 0.2) is 60.7 Å². The molecular weight excluding hydrogens is 360 g/mol. The van der Waals surface area contributed by atoms with Crippen molar-refractivity contribution in [3.8, 4) is 0 Å². The number of rotatable bonds is 8. The second-order valence-corrected chi connectivity index (χ2v) is 7.12. The number of nitrogens with zero attached hydrogens (tertiary/aromatic N) is 3. The molecule has 0 aliphatic carbocycles. The van der Waals surface area contributed by atoms with E-state index in [1.54, 1.807) is 6.07 Å². The molecular formula is C24H28N4O. The van der Waals surface area contributed by atoms with Crippen molar-refractivity contribution in [1.29, 1.82) is 0 Å². The molecule has 3 aromatic rings. The first kappa shape index (κ1) is 20.5. The molecule has 0 aliphatic rings. The molecule has 150 valence electrons. The van der Waals surface area contributed by atoms with E-state index in [2.05, 4.69) is 53.4 Å². The van der Waals surface area contributed by atoms with E-state index in [0.717, 1.165) is 24.2 Å². The number of carbonyl (C=O) groups is 1. The van der Waals surface area contributed by atoms with E-state index in [9.17, 15) is 4.79 Å². The number of amides is 1. The number of hydrogen-bond donors (Lipinski definition) is 1. The summed E-state index contributed by atoms with van der Waals surface area (Å²) >= 11 is 0. The van der Waals surface area contributed by atoms with Gasteiger partial charge in [0.1, 0.15) is 5.69 Å². The smallest absolute Gasteiger partial charge is 0.270 e. The lowest BCUT2D eigenvalue weighted by molar-refractivity contribution is 0.0948. The highest BCUT2D eigenvalue weighted by molar-refractivity contribution is 5.92. The van der Waals surface area contributed by atoms with Gasteiger partial charge in [0, 0.05) is 24.5 Å². The SMILES string of the molecule is CCN(c1cccc(C)c1)c1nc(C)cc(C(=O)NCCCc2ccccc2)n1. The highest BCUT2D eigenvalue weighted by Gasteiger charge is 2.15. The summed E-state index contributed by atoms with van der Waals surface area (Å²) in [6.45, 7) is 7.33. The van der Waals surface area contributed by atoms with Crippen molar-refractivity contribution in [2.75, 3.05) is 18.0 Å². The van der Waals surface area contributed by atoms with E-state index in [1.165, 1.54) is 11.1 Å². The van der Waals surface area contributed by atoms with E-state index in [1.807, 2.05) is 42.2 Å². The minimum absolute atomic E-state index is 0.162. The second-order valence-electron chi connectivity index (χ2n) is 7.12. The average molecular weight is 389 g/mol. The summed E-state index contributed by atoms with van der Waals surface area (Å²) in [4.78, 5) is 23.8. The predicted molar refractivity (Wildman–Crippen MR) is 118 cm³/mol. The fourth-order valence-corrected chi connectivity index (χ4v) is 3.25. The number of aromatic nitrogens is 2. The van der Waals surface area contributed by atoms with Crippen molar-refractivity contribution < 1.29 is 4.79 Å². The van der Waals surface area contributed by atoms with E-state index >= 15 is 0 Å². The zero-order valence-electron chi connectivity index (χ0n) is 17.4. The van der Waals surface area contributed by atoms with Gasteiger partial charge in [0.2, 0.25) is 5.95 Å². The topological polar surface area (TPSA) is 58.1 Å². The zero-order chi connectivity index (χ0) is 20.6. The van der Waals surface area contributed by atoms with Crippen LogP contribution in [0.1, 0.15) is 40.7 Å². The molecule has 0 aliphatic heterocycles. The van der Waals surface area contributed by atoms with Crippen LogP contribution in [0.5, 0.6) is 0 Å². The van der Waals surface area contributed by atoms with Crippen molar-refractivity contribution in [2.24, 2.45) is 0 Å². The largest absolute Gasteiger partial charge is 0.351 e. The van der Waals surface area contributed by atoms with E-state index in [0.29, 0.717) is 24.7 Å². The maximum Gasteiger partial charge on any atom is 0.270 e. The van der Waals surface area contributed by atoms with Gasteiger partial charge in [-0.05, 0) is 62.9 Å². The average Bonchev–Trinajstić information content (AvgIpc) is 2.72. The molecule has 5 nitrogen and oxygen atoms in total. The third-order valence-electron chi connectivity index (χ3n) is 4.72. The van der Waals surface area contributed by atoms with Crippen molar-refractivity contribution in [1.82, 2.24) is 15.3 Å².